The van der Waals surface area contributed by atoms with Crippen LogP contribution in [0.5, 0.6) is 5.75 Å². The molecule has 22 heavy (non-hydrogen) atoms. The van der Waals surface area contributed by atoms with E-state index in [-0.39, 0.29) is 12.5 Å². The number of hydrazone groups is 1. The zero-order valence-corrected chi connectivity index (χ0v) is 14.2. The van der Waals surface area contributed by atoms with Crippen LogP contribution >= 0.6 is 27.5 Å². The molecular weight excluding hydrogens is 368 g/mol. The Balaban J connectivity index is 1.84. The maximum atomic E-state index is 11.7. The molecule has 0 fully saturated rings. The van der Waals surface area contributed by atoms with E-state index in [1.165, 1.54) is 0 Å². The minimum absolute atomic E-state index is 0.134. The van der Waals surface area contributed by atoms with Gasteiger partial charge in [0.05, 0.1) is 10.7 Å². The Morgan fingerprint density at radius 2 is 2.14 bits per heavy atom. The van der Waals surface area contributed by atoms with Gasteiger partial charge in [0.25, 0.3) is 5.91 Å². The van der Waals surface area contributed by atoms with Gasteiger partial charge in [-0.25, -0.2) is 5.43 Å². The monoisotopic (exact) mass is 380 g/mol. The first kappa shape index (κ1) is 16.5. The largest absolute Gasteiger partial charge is 0.483 e. The van der Waals surface area contributed by atoms with Gasteiger partial charge in [-0.1, -0.05) is 35.9 Å². The number of carbonyl (C=O) groups excluding carboxylic acids is 1. The Kier molecular flexibility index (Phi) is 5.98. The first-order chi connectivity index (χ1) is 10.6. The highest BCUT2D eigenvalue weighted by Crippen LogP contribution is 2.27. The van der Waals surface area contributed by atoms with Crippen LogP contribution < -0.4 is 10.2 Å². The molecule has 0 heterocycles. The Bertz CT molecular complexity index is 704. The molecule has 1 amide bonds. The summed E-state index contributed by atoms with van der Waals surface area (Å²) in [6.45, 7) is 1.84. The highest BCUT2D eigenvalue weighted by Gasteiger charge is 2.05. The number of hydrogen-bond donors (Lipinski definition) is 1. The molecule has 0 aromatic heterocycles. The van der Waals surface area contributed by atoms with Crippen LogP contribution in [0.1, 0.15) is 11.1 Å². The van der Waals surface area contributed by atoms with E-state index in [4.69, 9.17) is 16.3 Å². The van der Waals surface area contributed by atoms with Crippen LogP contribution in [0.4, 0.5) is 0 Å². The maximum absolute atomic E-state index is 11.7. The molecule has 0 spiro atoms. The highest BCUT2D eigenvalue weighted by molar-refractivity contribution is 9.10. The molecule has 0 saturated carbocycles. The van der Waals surface area contributed by atoms with Gasteiger partial charge in [0.15, 0.2) is 6.61 Å². The molecule has 2 aromatic carbocycles. The molecule has 2 rings (SSSR count). The summed E-state index contributed by atoms with van der Waals surface area (Å²) >= 11 is 9.15. The summed E-state index contributed by atoms with van der Waals surface area (Å²) in [6, 6.07) is 12.8. The summed E-state index contributed by atoms with van der Waals surface area (Å²) in [7, 11) is 0. The summed E-state index contributed by atoms with van der Waals surface area (Å²) in [6.07, 6.45) is 1.60. The van der Waals surface area contributed by atoms with Gasteiger partial charge in [-0.2, -0.15) is 5.10 Å². The topological polar surface area (TPSA) is 50.7 Å². The normalized spacial score (nSPS) is 10.7. The lowest BCUT2D eigenvalue weighted by atomic mass is 10.1. The molecular formula is C16H14BrClN2O2. The Morgan fingerprint density at radius 3 is 2.86 bits per heavy atom. The second-order valence-electron chi connectivity index (χ2n) is 4.51. The number of carbonyl (C=O) groups is 1. The predicted molar refractivity (Wildman–Crippen MR) is 91.6 cm³/mol. The maximum Gasteiger partial charge on any atom is 0.277 e. The van der Waals surface area contributed by atoms with E-state index in [2.05, 4.69) is 26.5 Å². The van der Waals surface area contributed by atoms with Crippen molar-refractivity contribution in [3.63, 3.8) is 0 Å². The number of rotatable bonds is 5. The van der Waals surface area contributed by atoms with E-state index in [0.717, 1.165) is 11.1 Å². The first-order valence-corrected chi connectivity index (χ1v) is 7.69. The fourth-order valence-electron chi connectivity index (χ4n) is 1.67. The Morgan fingerprint density at radius 1 is 1.36 bits per heavy atom. The second-order valence-corrected chi connectivity index (χ2v) is 5.80. The molecule has 0 aliphatic carbocycles. The van der Waals surface area contributed by atoms with Crippen molar-refractivity contribution in [2.24, 2.45) is 5.10 Å². The predicted octanol–water partition coefficient (Wildman–Crippen LogP) is 3.94. The van der Waals surface area contributed by atoms with Crippen LogP contribution in [0.15, 0.2) is 52.0 Å². The van der Waals surface area contributed by atoms with Gasteiger partial charge in [-0.3, -0.25) is 4.79 Å². The minimum atomic E-state index is -0.341. The van der Waals surface area contributed by atoms with Crippen molar-refractivity contribution >= 4 is 39.7 Å². The number of nitrogens with zero attached hydrogens (tertiary/aromatic N) is 1. The van der Waals surface area contributed by atoms with Crippen LogP contribution in [-0.2, 0) is 4.79 Å². The molecule has 0 radical (unpaired) electrons. The third-order valence-electron chi connectivity index (χ3n) is 2.83. The van der Waals surface area contributed by atoms with Crippen LogP contribution in [-0.4, -0.2) is 18.7 Å². The van der Waals surface area contributed by atoms with Crippen LogP contribution in [0.3, 0.4) is 0 Å². The zero-order chi connectivity index (χ0) is 15.9. The number of amides is 1. The van der Waals surface area contributed by atoms with Crippen molar-refractivity contribution in [1.29, 1.82) is 0 Å². The van der Waals surface area contributed by atoms with Crippen LogP contribution in [0, 0.1) is 6.92 Å². The number of aryl methyl sites for hydroxylation is 1. The molecule has 1 N–H and O–H groups in total. The van der Waals surface area contributed by atoms with E-state index < -0.39 is 0 Å². The second kappa shape index (κ2) is 7.96. The van der Waals surface area contributed by atoms with Gasteiger partial charge in [0, 0.05) is 5.02 Å². The van der Waals surface area contributed by atoms with Crippen molar-refractivity contribution in [3.8, 4) is 5.75 Å². The van der Waals surface area contributed by atoms with E-state index in [0.29, 0.717) is 15.2 Å². The molecule has 6 heteroatoms. The van der Waals surface area contributed by atoms with Crippen molar-refractivity contribution in [2.75, 3.05) is 6.61 Å². The molecule has 0 aliphatic rings. The summed E-state index contributed by atoms with van der Waals surface area (Å²) in [5.74, 6) is 0.203. The summed E-state index contributed by atoms with van der Waals surface area (Å²) in [5, 5.41) is 4.50. The minimum Gasteiger partial charge on any atom is -0.483 e. The number of halogens is 2. The first-order valence-electron chi connectivity index (χ1n) is 6.51. The van der Waals surface area contributed by atoms with Crippen molar-refractivity contribution in [1.82, 2.24) is 5.43 Å². The van der Waals surface area contributed by atoms with Crippen LogP contribution in [0.25, 0.3) is 0 Å². The Hall–Kier alpha value is -1.85. The summed E-state index contributed by atoms with van der Waals surface area (Å²) < 4.78 is 6.08. The number of nitrogens with one attached hydrogen (secondary N) is 1. The van der Waals surface area contributed by atoms with Gasteiger partial charge in [0.1, 0.15) is 5.75 Å². The fraction of sp³-hybridized carbons (Fsp3) is 0.125. The van der Waals surface area contributed by atoms with Crippen molar-refractivity contribution in [3.05, 3.63) is 63.1 Å². The Labute approximate surface area is 142 Å². The van der Waals surface area contributed by atoms with Gasteiger partial charge >= 0.3 is 0 Å². The quantitative estimate of drug-likeness (QED) is 0.630. The molecule has 4 nitrogen and oxygen atoms in total. The van der Waals surface area contributed by atoms with E-state index in [9.17, 15) is 4.79 Å². The van der Waals surface area contributed by atoms with Crippen molar-refractivity contribution in [2.45, 2.75) is 6.92 Å². The standard InChI is InChI=1S/C16H14BrClN2O2/c1-11-4-2-3-5-12(11)9-19-20-16(21)10-22-15-7-6-13(18)8-14(15)17/h2-9H,10H2,1H3,(H,20,21)/b19-9+. The number of ether oxygens (including phenoxy) is 1. The summed E-state index contributed by atoms with van der Waals surface area (Å²) in [5.41, 5.74) is 4.46. The van der Waals surface area contributed by atoms with E-state index in [1.807, 2.05) is 31.2 Å². The molecule has 2 aromatic rings. The van der Waals surface area contributed by atoms with Crippen LogP contribution in [0.2, 0.25) is 5.02 Å². The lowest BCUT2D eigenvalue weighted by molar-refractivity contribution is -0.123. The SMILES string of the molecule is Cc1ccccc1/C=N/NC(=O)COc1ccc(Cl)cc1Br. The third kappa shape index (κ3) is 4.86. The number of hydrogen-bond acceptors (Lipinski definition) is 3. The van der Waals surface area contributed by atoms with E-state index in [1.54, 1.807) is 24.4 Å². The van der Waals surface area contributed by atoms with Gasteiger partial charge in [-0.15, -0.1) is 0 Å². The molecule has 0 atom stereocenters. The summed E-state index contributed by atoms with van der Waals surface area (Å²) in [4.78, 5) is 11.7. The molecule has 0 aliphatic heterocycles. The van der Waals surface area contributed by atoms with Crippen molar-refractivity contribution < 1.29 is 9.53 Å². The molecule has 0 bridgehead atoms. The highest BCUT2D eigenvalue weighted by atomic mass is 79.9. The lowest BCUT2D eigenvalue weighted by Crippen LogP contribution is -2.24. The molecule has 0 saturated heterocycles. The zero-order valence-electron chi connectivity index (χ0n) is 11.8. The average molecular weight is 382 g/mol. The van der Waals surface area contributed by atoms with Gasteiger partial charge in [0.2, 0.25) is 0 Å². The number of benzene rings is 2. The average Bonchev–Trinajstić information content (AvgIpc) is 2.48. The fourth-order valence-corrected chi connectivity index (χ4v) is 2.47. The molecule has 114 valence electrons. The lowest BCUT2D eigenvalue weighted by Gasteiger charge is -2.07. The molecule has 0 unspecified atom stereocenters. The third-order valence-corrected chi connectivity index (χ3v) is 3.69. The van der Waals surface area contributed by atoms with E-state index >= 15 is 0 Å². The van der Waals surface area contributed by atoms with Gasteiger partial charge in [-0.05, 0) is 52.2 Å². The van der Waals surface area contributed by atoms with Gasteiger partial charge < -0.3 is 4.74 Å². The smallest absolute Gasteiger partial charge is 0.277 e.